The summed E-state index contributed by atoms with van der Waals surface area (Å²) in [4.78, 5) is 11.3. The van der Waals surface area contributed by atoms with Crippen LogP contribution in [0, 0.1) is 5.82 Å². The molecule has 3 nitrogen and oxygen atoms in total. The molecule has 0 bridgehead atoms. The first kappa shape index (κ1) is 11.9. The van der Waals surface area contributed by atoms with Crippen LogP contribution in [0.1, 0.15) is 6.42 Å². The van der Waals surface area contributed by atoms with Crippen LogP contribution in [0.25, 0.3) is 0 Å². The molecule has 0 aliphatic carbocycles. The molecule has 1 aromatic carbocycles. The molecule has 1 aromatic rings. The van der Waals surface area contributed by atoms with Crippen molar-refractivity contribution in [1.82, 2.24) is 0 Å². The normalized spacial score (nSPS) is 9.73. The van der Waals surface area contributed by atoms with Crippen molar-refractivity contribution in [3.05, 3.63) is 29.0 Å². The Hall–Kier alpha value is -1.20. The number of carbonyl (C=O) groups is 1. The summed E-state index contributed by atoms with van der Waals surface area (Å²) in [6.07, 6.45) is -0.0799. The number of nitrogens with one attached hydrogen (secondary N) is 1. The Balaban J connectivity index is 2.72. The number of anilines is 1. The minimum absolute atomic E-state index is 0.0787. The fourth-order valence-electron chi connectivity index (χ4n) is 0.989. The van der Waals surface area contributed by atoms with Crippen molar-refractivity contribution in [3.8, 4) is 0 Å². The summed E-state index contributed by atoms with van der Waals surface area (Å²) in [5, 5.41) is 2.63. The molecule has 3 N–H and O–H groups in total. The van der Waals surface area contributed by atoms with Crippen LogP contribution in [0.2, 0.25) is 5.02 Å². The van der Waals surface area contributed by atoms with Crippen molar-refractivity contribution in [2.75, 3.05) is 5.32 Å². The molecule has 0 saturated heterocycles. The summed E-state index contributed by atoms with van der Waals surface area (Å²) in [5.74, 6) is -0.919. The topological polar surface area (TPSA) is 55.1 Å². The average molecular weight is 247 g/mol. The van der Waals surface area contributed by atoms with Gasteiger partial charge in [0.05, 0.1) is 11.4 Å². The molecule has 0 radical (unpaired) electrons. The summed E-state index contributed by atoms with van der Waals surface area (Å²) >= 11 is 10.2. The summed E-state index contributed by atoms with van der Waals surface area (Å²) in [6, 6.07) is 3.73. The molecule has 80 valence electrons. The summed E-state index contributed by atoms with van der Waals surface area (Å²) in [7, 11) is 0. The van der Waals surface area contributed by atoms with Crippen LogP contribution in [0.4, 0.5) is 10.1 Å². The zero-order valence-electron chi connectivity index (χ0n) is 7.59. The number of thiocarbonyl (C=S) groups is 1. The molecule has 15 heavy (non-hydrogen) atoms. The van der Waals surface area contributed by atoms with Crippen LogP contribution in [0.5, 0.6) is 0 Å². The van der Waals surface area contributed by atoms with Gasteiger partial charge in [-0.05, 0) is 18.2 Å². The minimum atomic E-state index is -0.520. The monoisotopic (exact) mass is 246 g/mol. The van der Waals surface area contributed by atoms with E-state index in [4.69, 9.17) is 17.3 Å². The molecule has 0 aliphatic rings. The molecule has 0 saturated carbocycles. The highest BCUT2D eigenvalue weighted by Crippen LogP contribution is 2.18. The van der Waals surface area contributed by atoms with Gasteiger partial charge in [0.25, 0.3) is 0 Å². The molecule has 0 unspecified atom stereocenters. The van der Waals surface area contributed by atoms with Gasteiger partial charge < -0.3 is 11.1 Å². The number of benzene rings is 1. The van der Waals surface area contributed by atoms with Crippen molar-refractivity contribution in [2.24, 2.45) is 5.73 Å². The lowest BCUT2D eigenvalue weighted by Crippen LogP contribution is -2.20. The third kappa shape index (κ3) is 4.22. The van der Waals surface area contributed by atoms with E-state index in [0.29, 0.717) is 0 Å². The fraction of sp³-hybridized carbons (Fsp3) is 0.111. The Morgan fingerprint density at radius 3 is 2.73 bits per heavy atom. The van der Waals surface area contributed by atoms with Crippen molar-refractivity contribution < 1.29 is 9.18 Å². The summed E-state index contributed by atoms with van der Waals surface area (Å²) in [5.41, 5.74) is 5.46. The zero-order valence-corrected chi connectivity index (χ0v) is 9.16. The van der Waals surface area contributed by atoms with Crippen LogP contribution in [0.15, 0.2) is 18.2 Å². The lowest BCUT2D eigenvalue weighted by molar-refractivity contribution is -0.115. The number of carbonyl (C=O) groups excluding carboxylic acids is 1. The number of hydrogen-bond acceptors (Lipinski definition) is 2. The lowest BCUT2D eigenvalue weighted by atomic mass is 10.3. The maximum absolute atomic E-state index is 12.9. The fourth-order valence-corrected chi connectivity index (χ4v) is 1.34. The van der Waals surface area contributed by atoms with E-state index in [0.717, 1.165) is 12.1 Å². The van der Waals surface area contributed by atoms with Crippen LogP contribution < -0.4 is 11.1 Å². The first-order chi connectivity index (χ1) is 6.97. The third-order valence-electron chi connectivity index (χ3n) is 1.48. The Kier molecular flexibility index (Phi) is 3.99. The van der Waals surface area contributed by atoms with Crippen molar-refractivity contribution >= 4 is 40.4 Å². The third-order valence-corrected chi connectivity index (χ3v) is 1.84. The second-order valence-electron chi connectivity index (χ2n) is 2.85. The molecule has 0 aromatic heterocycles. The van der Waals surface area contributed by atoms with Gasteiger partial charge in [-0.1, -0.05) is 23.8 Å². The number of rotatable bonds is 3. The van der Waals surface area contributed by atoms with E-state index in [9.17, 15) is 9.18 Å². The first-order valence-corrected chi connectivity index (χ1v) is 4.80. The average Bonchev–Trinajstić information content (AvgIpc) is 1.98. The highest BCUT2D eigenvalue weighted by molar-refractivity contribution is 7.80. The van der Waals surface area contributed by atoms with Crippen molar-refractivity contribution in [2.45, 2.75) is 6.42 Å². The molecule has 1 amide bonds. The standard InChI is InChI=1S/C9H8ClFN2OS/c10-5-1-6(11)3-7(2-5)13-9(14)4-8(12)15/h1-3H,4H2,(H2,12,15)(H,13,14). The molecular weight excluding hydrogens is 239 g/mol. The van der Waals surface area contributed by atoms with E-state index in [-0.39, 0.29) is 22.1 Å². The SMILES string of the molecule is NC(=S)CC(=O)Nc1cc(F)cc(Cl)c1. The Bertz CT molecular complexity index is 391. The Morgan fingerprint density at radius 2 is 2.20 bits per heavy atom. The Morgan fingerprint density at radius 1 is 1.53 bits per heavy atom. The molecule has 0 atom stereocenters. The molecular formula is C9H8ClFN2OS. The number of halogens is 2. The first-order valence-electron chi connectivity index (χ1n) is 4.01. The second-order valence-corrected chi connectivity index (χ2v) is 3.81. The van der Waals surface area contributed by atoms with Gasteiger partial charge in [0.1, 0.15) is 5.82 Å². The molecule has 0 fully saturated rings. The predicted molar refractivity (Wildman–Crippen MR) is 61.4 cm³/mol. The van der Waals surface area contributed by atoms with E-state index in [2.05, 4.69) is 17.5 Å². The number of nitrogens with two attached hydrogens (primary N) is 1. The number of amides is 1. The van der Waals surface area contributed by atoms with Gasteiger partial charge in [-0.15, -0.1) is 0 Å². The second kappa shape index (κ2) is 5.04. The lowest BCUT2D eigenvalue weighted by Gasteiger charge is -2.04. The molecule has 1 rings (SSSR count). The van der Waals surface area contributed by atoms with Gasteiger partial charge in [0.2, 0.25) is 5.91 Å². The predicted octanol–water partition coefficient (Wildman–Crippen LogP) is 2.09. The molecule has 6 heteroatoms. The van der Waals surface area contributed by atoms with E-state index >= 15 is 0 Å². The molecule has 0 spiro atoms. The number of hydrogen-bond donors (Lipinski definition) is 2. The van der Waals surface area contributed by atoms with E-state index in [1.54, 1.807) is 0 Å². The van der Waals surface area contributed by atoms with Gasteiger partial charge in [-0.3, -0.25) is 4.79 Å². The highest BCUT2D eigenvalue weighted by Gasteiger charge is 2.05. The molecule has 0 aliphatic heterocycles. The van der Waals surface area contributed by atoms with E-state index in [1.807, 2.05) is 0 Å². The Labute approximate surface area is 96.4 Å². The van der Waals surface area contributed by atoms with Gasteiger partial charge >= 0.3 is 0 Å². The largest absolute Gasteiger partial charge is 0.393 e. The van der Waals surface area contributed by atoms with E-state index < -0.39 is 11.7 Å². The van der Waals surface area contributed by atoms with Gasteiger partial charge in [-0.25, -0.2) is 4.39 Å². The quantitative estimate of drug-likeness (QED) is 0.803. The van der Waals surface area contributed by atoms with Gasteiger partial charge in [0.15, 0.2) is 0 Å². The van der Waals surface area contributed by atoms with Gasteiger partial charge in [-0.2, -0.15) is 0 Å². The van der Waals surface area contributed by atoms with Crippen LogP contribution >= 0.6 is 23.8 Å². The van der Waals surface area contributed by atoms with Crippen LogP contribution in [-0.2, 0) is 4.79 Å². The maximum atomic E-state index is 12.9. The van der Waals surface area contributed by atoms with Crippen LogP contribution in [-0.4, -0.2) is 10.9 Å². The van der Waals surface area contributed by atoms with E-state index in [1.165, 1.54) is 6.07 Å². The van der Waals surface area contributed by atoms with Gasteiger partial charge in [0, 0.05) is 10.7 Å². The summed E-state index contributed by atoms with van der Waals surface area (Å²) in [6.45, 7) is 0. The van der Waals surface area contributed by atoms with Crippen molar-refractivity contribution in [1.29, 1.82) is 0 Å². The van der Waals surface area contributed by atoms with Crippen LogP contribution in [0.3, 0.4) is 0 Å². The smallest absolute Gasteiger partial charge is 0.231 e. The van der Waals surface area contributed by atoms with Crippen molar-refractivity contribution in [3.63, 3.8) is 0 Å². The molecule has 0 heterocycles. The highest BCUT2D eigenvalue weighted by atomic mass is 35.5. The maximum Gasteiger partial charge on any atom is 0.231 e. The zero-order chi connectivity index (χ0) is 11.4. The minimum Gasteiger partial charge on any atom is -0.393 e. The summed E-state index contributed by atoms with van der Waals surface area (Å²) < 4.78 is 12.9.